The van der Waals surface area contributed by atoms with Gasteiger partial charge in [0.25, 0.3) is 0 Å². The minimum Gasteiger partial charge on any atom is -0.483 e. The lowest BCUT2D eigenvalue weighted by Crippen LogP contribution is -2.50. The third kappa shape index (κ3) is 3.12. The number of aliphatic hydroxyl groups excluding tert-OH is 1. The van der Waals surface area contributed by atoms with Crippen LogP contribution in [-0.4, -0.2) is 22.8 Å². The van der Waals surface area contributed by atoms with Crippen molar-refractivity contribution in [2.45, 2.75) is 90.6 Å². The molecule has 0 aromatic carbocycles. The van der Waals surface area contributed by atoms with Crippen LogP contribution in [0.4, 0.5) is 0 Å². The van der Waals surface area contributed by atoms with E-state index in [0.29, 0.717) is 16.7 Å². The fourth-order valence-corrected chi connectivity index (χ4v) is 8.84. The number of rotatable bonds is 4. The predicted octanol–water partition coefficient (Wildman–Crippen LogP) is 6.34. The molecule has 2 unspecified atom stereocenters. The number of nitrogens with zero attached hydrogens (tertiary/aromatic N) is 1. The molecule has 29 heavy (non-hydrogen) atoms. The van der Waals surface area contributed by atoms with Crippen LogP contribution in [0.3, 0.4) is 0 Å². The maximum absolute atomic E-state index is 10.2. The highest BCUT2D eigenvalue weighted by atomic mass is 32.1. The van der Waals surface area contributed by atoms with Crippen molar-refractivity contribution in [3.05, 3.63) is 22.9 Å². The van der Waals surface area contributed by atoms with Gasteiger partial charge < -0.3 is 9.84 Å². The molecule has 1 aromatic heterocycles. The number of allylic oxidation sites excluding steroid dienone is 1. The Kier molecular flexibility index (Phi) is 5.10. The van der Waals surface area contributed by atoms with Crippen molar-refractivity contribution < 1.29 is 9.84 Å². The van der Waals surface area contributed by atoms with Crippen molar-refractivity contribution in [1.82, 2.24) is 4.98 Å². The van der Waals surface area contributed by atoms with Crippen LogP contribution in [0.2, 0.25) is 0 Å². The summed E-state index contributed by atoms with van der Waals surface area (Å²) in [5.74, 6) is 3.05. The lowest BCUT2D eigenvalue weighted by Gasteiger charge is -2.58. The second-order valence-electron chi connectivity index (χ2n) is 10.7. The third-order valence-corrected chi connectivity index (χ3v) is 10.4. The number of thiazole rings is 1. The van der Waals surface area contributed by atoms with Crippen LogP contribution in [0.25, 0.3) is 0 Å². The maximum Gasteiger partial charge on any atom is 0.194 e. The van der Waals surface area contributed by atoms with E-state index in [2.05, 4.69) is 26.8 Å². The Hall–Kier alpha value is -0.870. The summed E-state index contributed by atoms with van der Waals surface area (Å²) in [5.41, 5.74) is 2.30. The Balaban J connectivity index is 1.39. The van der Waals surface area contributed by atoms with Crippen LogP contribution >= 0.6 is 11.3 Å². The monoisotopic (exact) mass is 415 g/mol. The third-order valence-electron chi connectivity index (χ3n) is 9.33. The lowest BCUT2D eigenvalue weighted by molar-refractivity contribution is -0.0409. The Bertz CT molecular complexity index is 788. The lowest BCUT2D eigenvalue weighted by atomic mass is 9.47. The van der Waals surface area contributed by atoms with E-state index in [4.69, 9.17) is 9.72 Å². The van der Waals surface area contributed by atoms with Gasteiger partial charge in [-0.3, -0.25) is 0 Å². The molecule has 1 N–H and O–H groups in total. The van der Waals surface area contributed by atoms with Crippen molar-refractivity contribution in [3.63, 3.8) is 0 Å². The molecule has 0 aliphatic heterocycles. The fraction of sp³-hybridized carbons (Fsp3) is 0.800. The maximum atomic E-state index is 10.2. The van der Waals surface area contributed by atoms with E-state index < -0.39 is 0 Å². The van der Waals surface area contributed by atoms with Crippen LogP contribution in [0.1, 0.15) is 89.5 Å². The average Bonchev–Trinajstić information content (AvgIpc) is 3.30. The molecular weight excluding hydrogens is 378 g/mol. The van der Waals surface area contributed by atoms with Gasteiger partial charge in [-0.25, -0.2) is 4.98 Å². The first kappa shape index (κ1) is 20.1. The Labute approximate surface area is 180 Å². The molecule has 0 amide bonds. The highest BCUT2D eigenvalue weighted by Gasteiger charge is 2.59. The van der Waals surface area contributed by atoms with Gasteiger partial charge in [-0.2, -0.15) is 0 Å². The first-order valence-corrected chi connectivity index (χ1v) is 12.7. The van der Waals surface area contributed by atoms with Crippen molar-refractivity contribution in [1.29, 1.82) is 0 Å². The summed E-state index contributed by atoms with van der Waals surface area (Å²) in [7, 11) is 0. The normalized spacial score (nSPS) is 43.9. The Morgan fingerprint density at radius 2 is 2.03 bits per heavy atom. The number of aliphatic hydroxyl groups is 1. The second-order valence-corrected chi connectivity index (χ2v) is 11.7. The molecular formula is C25H37NO2S. The van der Waals surface area contributed by atoms with Gasteiger partial charge in [-0.1, -0.05) is 43.8 Å². The smallest absolute Gasteiger partial charge is 0.194 e. The quantitative estimate of drug-likeness (QED) is 0.584. The van der Waals surface area contributed by atoms with Crippen molar-refractivity contribution in [2.75, 3.05) is 6.61 Å². The minimum absolute atomic E-state index is 0.107. The molecule has 0 saturated heterocycles. The summed E-state index contributed by atoms with van der Waals surface area (Å²) in [4.78, 5) is 4.83. The molecule has 1 aromatic rings. The molecule has 0 bridgehead atoms. The molecule has 7 atom stereocenters. The topological polar surface area (TPSA) is 42.4 Å². The van der Waals surface area contributed by atoms with Gasteiger partial charge >= 0.3 is 0 Å². The minimum atomic E-state index is -0.107. The predicted molar refractivity (Wildman–Crippen MR) is 118 cm³/mol. The van der Waals surface area contributed by atoms with Crippen molar-refractivity contribution >= 4 is 11.3 Å². The second kappa shape index (κ2) is 7.37. The molecule has 160 valence electrons. The van der Waals surface area contributed by atoms with Gasteiger partial charge in [0.1, 0.15) is 0 Å². The zero-order valence-corrected chi connectivity index (χ0v) is 19.1. The summed E-state index contributed by atoms with van der Waals surface area (Å²) >= 11 is 1.80. The van der Waals surface area contributed by atoms with E-state index in [1.165, 1.54) is 43.5 Å². The Morgan fingerprint density at radius 1 is 1.17 bits per heavy atom. The summed E-state index contributed by atoms with van der Waals surface area (Å²) in [6.07, 6.45) is 15.1. The van der Waals surface area contributed by atoms with E-state index >= 15 is 0 Å². The van der Waals surface area contributed by atoms with Gasteiger partial charge in [0.15, 0.2) is 5.06 Å². The number of hydrogen-bond acceptors (Lipinski definition) is 4. The van der Waals surface area contributed by atoms with Crippen LogP contribution in [0, 0.1) is 28.6 Å². The Morgan fingerprint density at radius 3 is 2.86 bits per heavy atom. The molecule has 5 rings (SSSR count). The molecule has 0 radical (unpaired) electrons. The van der Waals surface area contributed by atoms with E-state index in [9.17, 15) is 5.11 Å². The fourth-order valence-electron chi connectivity index (χ4n) is 7.75. The zero-order chi connectivity index (χ0) is 20.2. The molecule has 4 heteroatoms. The molecule has 3 saturated carbocycles. The first-order chi connectivity index (χ1) is 14.0. The number of aromatic nitrogens is 1. The summed E-state index contributed by atoms with van der Waals surface area (Å²) in [5, 5.41) is 12.5. The van der Waals surface area contributed by atoms with E-state index in [1.54, 1.807) is 16.9 Å². The van der Waals surface area contributed by atoms with E-state index in [0.717, 1.165) is 48.7 Å². The van der Waals surface area contributed by atoms with Gasteiger partial charge in [-0.05, 0) is 86.4 Å². The molecule has 0 spiro atoms. The van der Waals surface area contributed by atoms with Crippen LogP contribution in [0.5, 0.6) is 5.06 Å². The zero-order valence-electron chi connectivity index (χ0n) is 18.3. The van der Waals surface area contributed by atoms with E-state index in [1.807, 2.05) is 6.20 Å². The largest absolute Gasteiger partial charge is 0.483 e. The molecule has 4 aliphatic carbocycles. The highest BCUT2D eigenvalue weighted by molar-refractivity contribution is 7.13. The van der Waals surface area contributed by atoms with Crippen LogP contribution in [0.15, 0.2) is 17.8 Å². The standard InChI is InChI=1S/C25H37NO2S/c1-4-13-28-22-15-26-23(29-22)21-8-7-19-18-6-5-16-14-17(27)9-11-24(16,2)20(18)10-12-25(19,21)3/h5,15,17-21,27H,4,6-14H2,1-3H3/t17?,18-,19-,20-,21?,24-,25-/m0/s1. The average molecular weight is 416 g/mol. The van der Waals surface area contributed by atoms with Gasteiger partial charge in [0.05, 0.1) is 23.9 Å². The summed E-state index contributed by atoms with van der Waals surface area (Å²) in [6.45, 7) is 8.04. The summed E-state index contributed by atoms with van der Waals surface area (Å²) < 4.78 is 5.86. The van der Waals surface area contributed by atoms with Gasteiger partial charge in [-0.15, -0.1) is 0 Å². The number of fused-ring (bicyclic) bond motifs is 5. The van der Waals surface area contributed by atoms with Gasteiger partial charge in [0, 0.05) is 5.92 Å². The molecule has 3 nitrogen and oxygen atoms in total. The molecule has 4 aliphatic rings. The summed E-state index contributed by atoms with van der Waals surface area (Å²) in [6, 6.07) is 0. The van der Waals surface area contributed by atoms with Gasteiger partial charge in [0.2, 0.25) is 0 Å². The van der Waals surface area contributed by atoms with Crippen molar-refractivity contribution in [2.24, 2.45) is 28.6 Å². The number of hydrogen-bond donors (Lipinski definition) is 1. The number of ether oxygens (including phenoxy) is 1. The first-order valence-electron chi connectivity index (χ1n) is 11.9. The van der Waals surface area contributed by atoms with Crippen LogP contribution in [-0.2, 0) is 0 Å². The van der Waals surface area contributed by atoms with Crippen LogP contribution < -0.4 is 4.74 Å². The van der Waals surface area contributed by atoms with E-state index in [-0.39, 0.29) is 6.10 Å². The highest BCUT2D eigenvalue weighted by Crippen LogP contribution is 2.68. The SMILES string of the molecule is CCCOc1cnc(C2CC[C@H]3[C@@H]4CC=C5CC(O)CC[C@]5(C)[C@H]4CC[C@]23C)s1. The van der Waals surface area contributed by atoms with Crippen molar-refractivity contribution in [3.8, 4) is 5.06 Å². The molecule has 3 fully saturated rings. The molecule has 1 heterocycles.